The highest BCUT2D eigenvalue weighted by atomic mass is 16.5. The number of methoxy groups -OCH3 is 1. The minimum absolute atomic E-state index is 0.634. The van der Waals surface area contributed by atoms with Gasteiger partial charge in [0.05, 0.1) is 7.11 Å². The van der Waals surface area contributed by atoms with Gasteiger partial charge in [0.2, 0.25) is 0 Å². The Labute approximate surface area is 129 Å². The van der Waals surface area contributed by atoms with E-state index in [9.17, 15) is 0 Å². The van der Waals surface area contributed by atoms with E-state index in [1.807, 2.05) is 0 Å². The second-order valence-corrected chi connectivity index (χ2v) is 6.77. The number of nitrogens with one attached hydrogen (secondary N) is 1. The maximum atomic E-state index is 5.54. The first-order valence-corrected chi connectivity index (χ1v) is 8.70. The maximum absolute atomic E-state index is 5.54. The summed E-state index contributed by atoms with van der Waals surface area (Å²) in [5, 5.41) is 3.83. The molecule has 116 valence electrons. The third-order valence-corrected chi connectivity index (χ3v) is 5.48. The van der Waals surface area contributed by atoms with E-state index in [-0.39, 0.29) is 0 Å². The van der Waals surface area contributed by atoms with Crippen molar-refractivity contribution >= 4 is 0 Å². The topological polar surface area (TPSA) is 21.3 Å². The largest absolute Gasteiger partial charge is 0.496 e. The predicted molar refractivity (Wildman–Crippen MR) is 87.7 cm³/mol. The maximum Gasteiger partial charge on any atom is 0.122 e. The van der Waals surface area contributed by atoms with Gasteiger partial charge < -0.3 is 10.1 Å². The number of fused-ring (bicyclic) bond motifs is 1. The summed E-state index contributed by atoms with van der Waals surface area (Å²) in [6, 6.07) is 9.15. The van der Waals surface area contributed by atoms with E-state index in [1.165, 1.54) is 37.7 Å². The van der Waals surface area contributed by atoms with Gasteiger partial charge in [0.1, 0.15) is 5.75 Å². The molecule has 1 N–H and O–H groups in total. The van der Waals surface area contributed by atoms with Crippen molar-refractivity contribution in [3.63, 3.8) is 0 Å². The molecule has 3 rings (SSSR count). The summed E-state index contributed by atoms with van der Waals surface area (Å²) < 4.78 is 5.54. The van der Waals surface area contributed by atoms with Gasteiger partial charge in [0.15, 0.2) is 0 Å². The lowest BCUT2D eigenvalue weighted by atomic mass is 9.99. The van der Waals surface area contributed by atoms with E-state index in [0.717, 1.165) is 36.5 Å². The normalized spacial score (nSPS) is 28.8. The lowest BCUT2D eigenvalue weighted by molar-refractivity contribution is 0.393. The van der Waals surface area contributed by atoms with Gasteiger partial charge in [0, 0.05) is 6.04 Å². The fourth-order valence-corrected chi connectivity index (χ4v) is 4.43. The number of hydrogen-bond donors (Lipinski definition) is 1. The molecule has 0 aliphatic heterocycles. The van der Waals surface area contributed by atoms with Crippen LogP contribution in [0.5, 0.6) is 5.75 Å². The van der Waals surface area contributed by atoms with Crippen LogP contribution >= 0.6 is 0 Å². The van der Waals surface area contributed by atoms with Gasteiger partial charge in [-0.2, -0.15) is 0 Å². The summed E-state index contributed by atoms with van der Waals surface area (Å²) in [6.45, 7) is 3.39. The highest BCUT2D eigenvalue weighted by Crippen LogP contribution is 2.57. The van der Waals surface area contributed by atoms with Gasteiger partial charge in [0.25, 0.3) is 0 Å². The van der Waals surface area contributed by atoms with E-state index >= 15 is 0 Å². The standard InChI is InChI=1S/C19H29NO/c1-3-12-20-17(19-15-9-5-6-10-16(15)19)13-14-8-4-7-11-18(14)21-2/h4,7-8,11,15-17,19-20H,3,5-6,9-10,12-13H2,1-2H3. The summed E-state index contributed by atoms with van der Waals surface area (Å²) in [4.78, 5) is 0. The third-order valence-electron chi connectivity index (χ3n) is 5.48. The van der Waals surface area contributed by atoms with Crippen molar-refractivity contribution in [1.82, 2.24) is 5.32 Å². The molecule has 0 bridgehead atoms. The van der Waals surface area contributed by atoms with Crippen molar-refractivity contribution in [2.75, 3.05) is 13.7 Å². The van der Waals surface area contributed by atoms with Crippen LogP contribution in [0.1, 0.15) is 44.6 Å². The van der Waals surface area contributed by atoms with Gasteiger partial charge in [-0.1, -0.05) is 38.0 Å². The summed E-state index contributed by atoms with van der Waals surface area (Å²) in [7, 11) is 1.78. The molecule has 1 aromatic carbocycles. The average Bonchev–Trinajstić information content (AvgIpc) is 3.26. The minimum Gasteiger partial charge on any atom is -0.496 e. The first-order valence-electron chi connectivity index (χ1n) is 8.70. The van der Waals surface area contributed by atoms with Crippen LogP contribution < -0.4 is 10.1 Å². The molecule has 2 nitrogen and oxygen atoms in total. The van der Waals surface area contributed by atoms with Gasteiger partial charge in [-0.05, 0) is 61.6 Å². The average molecular weight is 287 g/mol. The Morgan fingerprint density at radius 2 is 1.90 bits per heavy atom. The first kappa shape index (κ1) is 14.9. The first-order chi connectivity index (χ1) is 10.3. The van der Waals surface area contributed by atoms with Crippen molar-refractivity contribution in [2.45, 2.75) is 51.5 Å². The van der Waals surface area contributed by atoms with Crippen LogP contribution in [0.4, 0.5) is 0 Å². The highest BCUT2D eigenvalue weighted by Gasteiger charge is 2.53. The smallest absolute Gasteiger partial charge is 0.122 e. The van der Waals surface area contributed by atoms with E-state index in [2.05, 4.69) is 36.5 Å². The molecule has 0 amide bonds. The lowest BCUT2D eigenvalue weighted by Gasteiger charge is -2.20. The Kier molecular flexibility index (Phi) is 4.84. The van der Waals surface area contributed by atoms with Crippen molar-refractivity contribution < 1.29 is 4.74 Å². The van der Waals surface area contributed by atoms with Crippen LogP contribution in [-0.2, 0) is 6.42 Å². The molecule has 1 aromatic rings. The van der Waals surface area contributed by atoms with E-state index in [4.69, 9.17) is 4.74 Å². The fraction of sp³-hybridized carbons (Fsp3) is 0.684. The SMILES string of the molecule is CCCNC(Cc1ccccc1OC)C1C2CCCCC21. The van der Waals surface area contributed by atoms with Crippen LogP contribution in [0.3, 0.4) is 0 Å². The molecule has 2 aliphatic carbocycles. The Balaban J connectivity index is 1.70. The molecule has 2 heteroatoms. The number of rotatable bonds is 7. The lowest BCUT2D eigenvalue weighted by Crippen LogP contribution is -2.35. The van der Waals surface area contributed by atoms with Crippen LogP contribution in [0.25, 0.3) is 0 Å². The van der Waals surface area contributed by atoms with E-state index < -0.39 is 0 Å². The van der Waals surface area contributed by atoms with Crippen molar-refractivity contribution in [3.05, 3.63) is 29.8 Å². The Morgan fingerprint density at radius 3 is 2.57 bits per heavy atom. The second-order valence-electron chi connectivity index (χ2n) is 6.77. The van der Waals surface area contributed by atoms with Crippen LogP contribution in [-0.4, -0.2) is 19.7 Å². The van der Waals surface area contributed by atoms with Gasteiger partial charge in [-0.3, -0.25) is 0 Å². The molecular weight excluding hydrogens is 258 g/mol. The van der Waals surface area contributed by atoms with Crippen molar-refractivity contribution in [3.8, 4) is 5.75 Å². The van der Waals surface area contributed by atoms with Crippen LogP contribution in [0.2, 0.25) is 0 Å². The molecule has 2 saturated carbocycles. The zero-order chi connectivity index (χ0) is 14.7. The molecule has 0 radical (unpaired) electrons. The Morgan fingerprint density at radius 1 is 1.19 bits per heavy atom. The van der Waals surface area contributed by atoms with E-state index in [0.29, 0.717) is 6.04 Å². The van der Waals surface area contributed by atoms with Crippen molar-refractivity contribution in [1.29, 1.82) is 0 Å². The predicted octanol–water partition coefficient (Wildman–Crippen LogP) is 4.04. The molecule has 2 fully saturated rings. The zero-order valence-corrected chi connectivity index (χ0v) is 13.5. The summed E-state index contributed by atoms with van der Waals surface area (Å²) in [5.74, 6) is 3.96. The molecule has 0 heterocycles. The number of hydrogen-bond acceptors (Lipinski definition) is 2. The summed E-state index contributed by atoms with van der Waals surface area (Å²) >= 11 is 0. The quantitative estimate of drug-likeness (QED) is 0.817. The Bertz CT molecular complexity index is 447. The molecule has 3 unspecified atom stereocenters. The second kappa shape index (κ2) is 6.83. The minimum atomic E-state index is 0.634. The van der Waals surface area contributed by atoms with Gasteiger partial charge in [-0.25, -0.2) is 0 Å². The number of benzene rings is 1. The molecule has 0 spiro atoms. The molecule has 0 saturated heterocycles. The van der Waals surface area contributed by atoms with Crippen LogP contribution in [0.15, 0.2) is 24.3 Å². The zero-order valence-electron chi connectivity index (χ0n) is 13.5. The fourth-order valence-electron chi connectivity index (χ4n) is 4.43. The van der Waals surface area contributed by atoms with E-state index in [1.54, 1.807) is 7.11 Å². The monoisotopic (exact) mass is 287 g/mol. The molecule has 2 aliphatic rings. The molecule has 21 heavy (non-hydrogen) atoms. The van der Waals surface area contributed by atoms with Gasteiger partial charge in [-0.15, -0.1) is 0 Å². The molecule has 3 atom stereocenters. The van der Waals surface area contributed by atoms with Crippen molar-refractivity contribution in [2.24, 2.45) is 17.8 Å². The summed E-state index contributed by atoms with van der Waals surface area (Å²) in [5.41, 5.74) is 1.36. The summed E-state index contributed by atoms with van der Waals surface area (Å²) in [6.07, 6.45) is 8.16. The highest BCUT2D eigenvalue weighted by molar-refractivity contribution is 5.34. The Hall–Kier alpha value is -1.02. The van der Waals surface area contributed by atoms with Gasteiger partial charge >= 0.3 is 0 Å². The van der Waals surface area contributed by atoms with Crippen LogP contribution in [0, 0.1) is 17.8 Å². The molecular formula is C19H29NO. The number of para-hydroxylation sites is 1. The number of ether oxygens (including phenoxy) is 1. The molecule has 0 aromatic heterocycles. The third kappa shape index (κ3) is 3.26.